The number of nitrogens with one attached hydrogen (secondary N) is 1. The number of aliphatic carboxylic acids is 1. The first-order chi connectivity index (χ1) is 9.43. The Morgan fingerprint density at radius 2 is 2.00 bits per heavy atom. The normalized spacial score (nSPS) is 16.0. The number of carbonyl (C=O) groups is 2. The van der Waals surface area contributed by atoms with E-state index in [-0.39, 0.29) is 18.4 Å². The molecule has 0 heterocycles. The number of hydrogen-bond donors (Lipinski definition) is 2. The first-order valence-electron chi connectivity index (χ1n) is 7.70. The lowest BCUT2D eigenvalue weighted by atomic mass is 10.0. The molecule has 5 nitrogen and oxygen atoms in total. The van der Waals surface area contributed by atoms with Crippen molar-refractivity contribution in [1.82, 2.24) is 10.2 Å². The minimum absolute atomic E-state index is 0.0163. The Balaban J connectivity index is 2.39. The number of carboxylic acid groups (broad SMARTS) is 1. The number of carboxylic acids is 1. The molecule has 1 saturated carbocycles. The van der Waals surface area contributed by atoms with Crippen LogP contribution >= 0.6 is 0 Å². The van der Waals surface area contributed by atoms with Gasteiger partial charge in [0.15, 0.2) is 0 Å². The van der Waals surface area contributed by atoms with Crippen molar-refractivity contribution in [2.45, 2.75) is 58.9 Å². The quantitative estimate of drug-likeness (QED) is 0.684. The van der Waals surface area contributed by atoms with Crippen LogP contribution in [0.5, 0.6) is 0 Å². The van der Waals surface area contributed by atoms with Crippen molar-refractivity contribution in [2.24, 2.45) is 11.8 Å². The first kappa shape index (κ1) is 16.8. The standard InChI is InChI=1S/C15H28N2O3/c1-4-12(9-14(18)19)10-16-15(20)17(13-5-6-13)8-7-11(2)3/h11-13H,4-10H2,1-3H3,(H,16,20)(H,18,19). The van der Waals surface area contributed by atoms with E-state index in [1.807, 2.05) is 11.8 Å². The number of carbonyl (C=O) groups excluding carboxylic acids is 1. The van der Waals surface area contributed by atoms with E-state index in [1.165, 1.54) is 0 Å². The average molecular weight is 284 g/mol. The van der Waals surface area contributed by atoms with E-state index in [0.717, 1.165) is 32.2 Å². The Bertz CT molecular complexity index is 327. The van der Waals surface area contributed by atoms with E-state index in [2.05, 4.69) is 19.2 Å². The Labute approximate surface area is 121 Å². The van der Waals surface area contributed by atoms with Crippen LogP contribution in [0.3, 0.4) is 0 Å². The summed E-state index contributed by atoms with van der Waals surface area (Å²) in [6.07, 6.45) is 4.08. The monoisotopic (exact) mass is 284 g/mol. The zero-order valence-corrected chi connectivity index (χ0v) is 12.9. The maximum absolute atomic E-state index is 12.2. The molecule has 1 atom stereocenters. The molecule has 1 fully saturated rings. The molecule has 1 aliphatic rings. The molecule has 2 amide bonds. The lowest BCUT2D eigenvalue weighted by molar-refractivity contribution is -0.138. The minimum atomic E-state index is -0.801. The van der Waals surface area contributed by atoms with Gasteiger partial charge in [0.05, 0.1) is 0 Å². The number of nitrogens with zero attached hydrogens (tertiary/aromatic N) is 1. The molecule has 0 radical (unpaired) electrons. The molecule has 20 heavy (non-hydrogen) atoms. The first-order valence-corrected chi connectivity index (χ1v) is 7.70. The van der Waals surface area contributed by atoms with Crippen molar-refractivity contribution in [3.05, 3.63) is 0 Å². The lowest BCUT2D eigenvalue weighted by Crippen LogP contribution is -2.44. The van der Waals surface area contributed by atoms with Gasteiger partial charge in [-0.15, -0.1) is 0 Å². The third kappa shape index (κ3) is 6.26. The fourth-order valence-electron chi connectivity index (χ4n) is 2.17. The summed E-state index contributed by atoms with van der Waals surface area (Å²) in [4.78, 5) is 24.9. The molecule has 1 unspecified atom stereocenters. The number of amides is 2. The summed E-state index contributed by atoms with van der Waals surface area (Å²) < 4.78 is 0. The summed E-state index contributed by atoms with van der Waals surface area (Å²) in [5.41, 5.74) is 0. The van der Waals surface area contributed by atoms with Crippen molar-refractivity contribution < 1.29 is 14.7 Å². The van der Waals surface area contributed by atoms with Gasteiger partial charge in [-0.1, -0.05) is 27.2 Å². The second-order valence-electron chi connectivity index (χ2n) is 6.17. The number of urea groups is 1. The molecule has 0 aliphatic heterocycles. The zero-order valence-electron chi connectivity index (χ0n) is 12.9. The highest BCUT2D eigenvalue weighted by Gasteiger charge is 2.32. The molecular formula is C15H28N2O3. The van der Waals surface area contributed by atoms with Crippen LogP contribution < -0.4 is 5.32 Å². The molecule has 116 valence electrons. The van der Waals surface area contributed by atoms with E-state index in [0.29, 0.717) is 18.5 Å². The zero-order chi connectivity index (χ0) is 15.1. The van der Waals surface area contributed by atoms with Crippen LogP contribution in [0.2, 0.25) is 0 Å². The van der Waals surface area contributed by atoms with Crippen LogP contribution in [-0.2, 0) is 4.79 Å². The molecule has 0 aromatic heterocycles. The van der Waals surface area contributed by atoms with Gasteiger partial charge in [-0.2, -0.15) is 0 Å². The van der Waals surface area contributed by atoms with E-state index >= 15 is 0 Å². The molecule has 0 spiro atoms. The lowest BCUT2D eigenvalue weighted by Gasteiger charge is -2.25. The minimum Gasteiger partial charge on any atom is -0.481 e. The Hall–Kier alpha value is -1.26. The van der Waals surface area contributed by atoms with E-state index in [4.69, 9.17) is 5.11 Å². The Kier molecular flexibility index (Phi) is 6.82. The summed E-state index contributed by atoms with van der Waals surface area (Å²) in [7, 11) is 0. The molecule has 2 N–H and O–H groups in total. The van der Waals surface area contributed by atoms with Crippen LogP contribution in [-0.4, -0.2) is 41.1 Å². The number of hydrogen-bond acceptors (Lipinski definition) is 2. The largest absolute Gasteiger partial charge is 0.481 e. The molecule has 0 saturated heterocycles. The van der Waals surface area contributed by atoms with Gasteiger partial charge in [-0.05, 0) is 31.1 Å². The summed E-state index contributed by atoms with van der Waals surface area (Å²) in [5, 5.41) is 11.7. The van der Waals surface area contributed by atoms with Gasteiger partial charge in [-0.25, -0.2) is 4.79 Å². The van der Waals surface area contributed by atoms with Gasteiger partial charge in [0.2, 0.25) is 0 Å². The van der Waals surface area contributed by atoms with Crippen molar-refractivity contribution in [3.63, 3.8) is 0 Å². The SMILES string of the molecule is CCC(CNC(=O)N(CCC(C)C)C1CC1)CC(=O)O. The third-order valence-electron chi connectivity index (χ3n) is 3.78. The molecule has 0 bridgehead atoms. The molecule has 5 heteroatoms. The van der Waals surface area contributed by atoms with Gasteiger partial charge < -0.3 is 15.3 Å². The molecule has 0 aromatic rings. The highest BCUT2D eigenvalue weighted by molar-refractivity contribution is 5.75. The second kappa shape index (κ2) is 8.12. The fourth-order valence-corrected chi connectivity index (χ4v) is 2.17. The van der Waals surface area contributed by atoms with Gasteiger partial charge in [0.1, 0.15) is 0 Å². The Morgan fingerprint density at radius 1 is 1.35 bits per heavy atom. The van der Waals surface area contributed by atoms with Crippen LogP contribution in [0, 0.1) is 11.8 Å². The van der Waals surface area contributed by atoms with Gasteiger partial charge >= 0.3 is 12.0 Å². The van der Waals surface area contributed by atoms with Crippen molar-refractivity contribution in [3.8, 4) is 0 Å². The van der Waals surface area contributed by atoms with Gasteiger partial charge in [0, 0.05) is 25.6 Å². The average Bonchev–Trinajstić information content (AvgIpc) is 3.18. The van der Waals surface area contributed by atoms with Crippen LogP contribution in [0.4, 0.5) is 4.79 Å². The van der Waals surface area contributed by atoms with E-state index < -0.39 is 5.97 Å². The molecular weight excluding hydrogens is 256 g/mol. The van der Waals surface area contributed by atoms with Gasteiger partial charge in [0.25, 0.3) is 0 Å². The maximum atomic E-state index is 12.2. The van der Waals surface area contributed by atoms with Crippen LogP contribution in [0.15, 0.2) is 0 Å². The Morgan fingerprint density at radius 3 is 2.45 bits per heavy atom. The predicted octanol–water partition coefficient (Wildman–Crippen LogP) is 2.71. The second-order valence-corrected chi connectivity index (χ2v) is 6.17. The highest BCUT2D eigenvalue weighted by Crippen LogP contribution is 2.27. The molecule has 1 aliphatic carbocycles. The van der Waals surface area contributed by atoms with Crippen molar-refractivity contribution >= 4 is 12.0 Å². The molecule has 1 rings (SSSR count). The number of rotatable bonds is 9. The third-order valence-corrected chi connectivity index (χ3v) is 3.78. The summed E-state index contributed by atoms with van der Waals surface area (Å²) in [5.74, 6) is -0.202. The van der Waals surface area contributed by atoms with Crippen LogP contribution in [0.25, 0.3) is 0 Å². The van der Waals surface area contributed by atoms with E-state index in [9.17, 15) is 9.59 Å². The smallest absolute Gasteiger partial charge is 0.317 e. The van der Waals surface area contributed by atoms with Gasteiger partial charge in [-0.3, -0.25) is 4.79 Å². The van der Waals surface area contributed by atoms with Crippen molar-refractivity contribution in [2.75, 3.05) is 13.1 Å². The predicted molar refractivity (Wildman–Crippen MR) is 78.6 cm³/mol. The van der Waals surface area contributed by atoms with E-state index in [1.54, 1.807) is 0 Å². The highest BCUT2D eigenvalue weighted by atomic mass is 16.4. The van der Waals surface area contributed by atoms with Crippen LogP contribution in [0.1, 0.15) is 52.9 Å². The summed E-state index contributed by atoms with van der Waals surface area (Å²) >= 11 is 0. The summed E-state index contributed by atoms with van der Waals surface area (Å²) in [6, 6.07) is 0.366. The summed E-state index contributed by atoms with van der Waals surface area (Å²) in [6.45, 7) is 7.51. The molecule has 0 aromatic carbocycles. The maximum Gasteiger partial charge on any atom is 0.317 e. The fraction of sp³-hybridized carbons (Fsp3) is 0.867. The topological polar surface area (TPSA) is 69.6 Å². The van der Waals surface area contributed by atoms with Crippen molar-refractivity contribution in [1.29, 1.82) is 0 Å².